The van der Waals surface area contributed by atoms with Crippen molar-refractivity contribution in [3.05, 3.63) is 57.1 Å². The van der Waals surface area contributed by atoms with Gasteiger partial charge in [-0.3, -0.25) is 9.48 Å². The molecule has 26 heavy (non-hydrogen) atoms. The molecule has 0 fully saturated rings. The number of hydrogen-bond donors (Lipinski definition) is 0. The lowest BCUT2D eigenvalue weighted by Crippen LogP contribution is -2.36. The molecule has 1 aliphatic rings. The average molecular weight is 373 g/mol. The molecule has 3 aromatic rings. The molecule has 1 aliphatic heterocycles. The van der Waals surface area contributed by atoms with Gasteiger partial charge in [0.1, 0.15) is 5.82 Å². The maximum atomic E-state index is 13.7. The van der Waals surface area contributed by atoms with Crippen molar-refractivity contribution in [3.63, 3.8) is 0 Å². The van der Waals surface area contributed by atoms with E-state index in [9.17, 15) is 9.18 Å². The van der Waals surface area contributed by atoms with E-state index in [1.54, 1.807) is 15.6 Å². The molecule has 5 nitrogen and oxygen atoms in total. The zero-order valence-electron chi connectivity index (χ0n) is 14.8. The Labute approximate surface area is 155 Å². The van der Waals surface area contributed by atoms with Gasteiger partial charge < -0.3 is 4.90 Å². The Bertz CT molecular complexity index is 1060. The van der Waals surface area contributed by atoms with Crippen molar-refractivity contribution in [1.29, 1.82) is 0 Å². The minimum atomic E-state index is -0.381. The Morgan fingerprint density at radius 1 is 1.27 bits per heavy atom. The number of carbonyl (C=O) groups excluding carboxylic acids is 1. The van der Waals surface area contributed by atoms with Crippen LogP contribution in [0, 0.1) is 19.7 Å². The van der Waals surface area contributed by atoms with Gasteiger partial charge in [0, 0.05) is 30.9 Å². The van der Waals surface area contributed by atoms with Crippen molar-refractivity contribution >= 4 is 28.5 Å². The van der Waals surface area contributed by atoms with Gasteiger partial charge in [0.2, 0.25) is 0 Å². The van der Waals surface area contributed by atoms with E-state index < -0.39 is 0 Å². The van der Waals surface area contributed by atoms with Crippen molar-refractivity contribution in [3.8, 4) is 0 Å². The highest BCUT2D eigenvalue weighted by Crippen LogP contribution is 2.29. The van der Waals surface area contributed by atoms with Crippen molar-refractivity contribution in [2.24, 2.45) is 7.05 Å². The van der Waals surface area contributed by atoms with E-state index in [4.69, 9.17) is 11.6 Å². The molecule has 7 heteroatoms. The van der Waals surface area contributed by atoms with E-state index >= 15 is 0 Å². The SMILES string of the molecule is Cc1cc(C(=O)N2CCc3c(Cl)cc(F)cc3C2)c2c(C)nn(C)c2n1. The summed E-state index contributed by atoms with van der Waals surface area (Å²) in [4.78, 5) is 19.5. The van der Waals surface area contributed by atoms with Crippen LogP contribution in [0.1, 0.15) is 32.9 Å². The number of pyridine rings is 1. The second-order valence-electron chi connectivity index (χ2n) is 6.72. The van der Waals surface area contributed by atoms with Crippen LogP contribution in [0.2, 0.25) is 5.02 Å². The lowest BCUT2D eigenvalue weighted by molar-refractivity contribution is 0.0736. The average Bonchev–Trinajstić information content (AvgIpc) is 2.87. The molecule has 0 atom stereocenters. The normalized spacial score (nSPS) is 14.0. The first-order valence-electron chi connectivity index (χ1n) is 8.42. The number of aromatic nitrogens is 3. The first-order chi connectivity index (χ1) is 12.3. The molecule has 1 aromatic carbocycles. The number of carbonyl (C=O) groups is 1. The van der Waals surface area contributed by atoms with E-state index in [2.05, 4.69) is 10.1 Å². The molecular formula is C19H18ClFN4O. The Balaban J connectivity index is 1.76. The molecule has 1 amide bonds. The molecule has 0 saturated heterocycles. The van der Waals surface area contributed by atoms with Crippen molar-refractivity contribution in [1.82, 2.24) is 19.7 Å². The molecule has 0 N–H and O–H groups in total. The summed E-state index contributed by atoms with van der Waals surface area (Å²) in [6, 6.07) is 4.59. The highest BCUT2D eigenvalue weighted by molar-refractivity contribution is 6.31. The minimum absolute atomic E-state index is 0.0948. The van der Waals surface area contributed by atoms with Crippen molar-refractivity contribution < 1.29 is 9.18 Å². The van der Waals surface area contributed by atoms with E-state index in [0.717, 1.165) is 27.9 Å². The minimum Gasteiger partial charge on any atom is -0.334 e. The van der Waals surface area contributed by atoms with Crippen LogP contribution in [-0.2, 0) is 20.0 Å². The summed E-state index contributed by atoms with van der Waals surface area (Å²) < 4.78 is 15.4. The standard InChI is InChI=1S/C19H18ClFN4O/c1-10-6-15(17-11(2)23-24(3)18(17)22-10)19(26)25-5-4-14-12(9-25)7-13(21)8-16(14)20/h6-8H,4-5,9H2,1-3H3. The number of benzene rings is 1. The molecule has 0 spiro atoms. The summed E-state index contributed by atoms with van der Waals surface area (Å²) in [6.45, 7) is 4.61. The van der Waals surface area contributed by atoms with Crippen LogP contribution in [0.5, 0.6) is 0 Å². The largest absolute Gasteiger partial charge is 0.334 e. The van der Waals surface area contributed by atoms with Gasteiger partial charge in [-0.1, -0.05) is 11.6 Å². The van der Waals surface area contributed by atoms with Gasteiger partial charge in [-0.05, 0) is 49.6 Å². The van der Waals surface area contributed by atoms with Gasteiger partial charge in [0.25, 0.3) is 5.91 Å². The molecule has 3 heterocycles. The van der Waals surface area contributed by atoms with Crippen LogP contribution in [0.3, 0.4) is 0 Å². The van der Waals surface area contributed by atoms with Crippen LogP contribution in [0.25, 0.3) is 11.0 Å². The van der Waals surface area contributed by atoms with Gasteiger partial charge in [0.15, 0.2) is 5.65 Å². The second kappa shape index (κ2) is 6.06. The molecule has 4 rings (SSSR count). The van der Waals surface area contributed by atoms with Crippen LogP contribution < -0.4 is 0 Å². The summed E-state index contributed by atoms with van der Waals surface area (Å²) in [6.07, 6.45) is 0.611. The van der Waals surface area contributed by atoms with Crippen LogP contribution in [-0.4, -0.2) is 32.1 Å². The third kappa shape index (κ3) is 2.65. The number of halogens is 2. The monoisotopic (exact) mass is 372 g/mol. The quantitative estimate of drug-likeness (QED) is 0.656. The Morgan fingerprint density at radius 2 is 2.04 bits per heavy atom. The summed E-state index contributed by atoms with van der Waals surface area (Å²) in [5, 5.41) is 5.59. The molecule has 0 radical (unpaired) electrons. The first-order valence-corrected chi connectivity index (χ1v) is 8.80. The second-order valence-corrected chi connectivity index (χ2v) is 7.13. The molecule has 0 bridgehead atoms. The maximum Gasteiger partial charge on any atom is 0.255 e. The van der Waals surface area contributed by atoms with E-state index in [0.29, 0.717) is 35.7 Å². The van der Waals surface area contributed by atoms with E-state index in [-0.39, 0.29) is 11.7 Å². The number of rotatable bonds is 1. The Morgan fingerprint density at radius 3 is 2.81 bits per heavy atom. The van der Waals surface area contributed by atoms with Gasteiger partial charge >= 0.3 is 0 Å². The van der Waals surface area contributed by atoms with Gasteiger partial charge in [-0.25, -0.2) is 9.37 Å². The number of nitrogens with zero attached hydrogens (tertiary/aromatic N) is 4. The molecule has 0 aliphatic carbocycles. The van der Waals surface area contributed by atoms with Gasteiger partial charge in [-0.15, -0.1) is 0 Å². The molecular weight excluding hydrogens is 355 g/mol. The smallest absolute Gasteiger partial charge is 0.255 e. The van der Waals surface area contributed by atoms with Crippen molar-refractivity contribution in [2.75, 3.05) is 6.54 Å². The van der Waals surface area contributed by atoms with E-state index in [1.165, 1.54) is 12.1 Å². The Kier molecular flexibility index (Phi) is 3.95. The molecule has 0 saturated carbocycles. The third-order valence-electron chi connectivity index (χ3n) is 4.86. The lowest BCUT2D eigenvalue weighted by Gasteiger charge is -2.29. The fourth-order valence-electron chi connectivity index (χ4n) is 3.69. The first kappa shape index (κ1) is 17.0. The van der Waals surface area contributed by atoms with Gasteiger partial charge in [0.05, 0.1) is 16.6 Å². The van der Waals surface area contributed by atoms with Crippen LogP contribution in [0.4, 0.5) is 4.39 Å². The highest BCUT2D eigenvalue weighted by atomic mass is 35.5. The fourth-order valence-corrected chi connectivity index (χ4v) is 4.01. The molecule has 134 valence electrons. The number of fused-ring (bicyclic) bond motifs is 2. The fraction of sp³-hybridized carbons (Fsp3) is 0.316. The summed E-state index contributed by atoms with van der Waals surface area (Å²) in [7, 11) is 1.82. The maximum absolute atomic E-state index is 13.7. The van der Waals surface area contributed by atoms with Gasteiger partial charge in [-0.2, -0.15) is 5.10 Å². The van der Waals surface area contributed by atoms with Crippen LogP contribution in [0.15, 0.2) is 18.2 Å². The van der Waals surface area contributed by atoms with Crippen LogP contribution >= 0.6 is 11.6 Å². The predicted octanol–water partition coefficient (Wildman–Crippen LogP) is 3.58. The zero-order chi connectivity index (χ0) is 18.6. The van der Waals surface area contributed by atoms with Crippen molar-refractivity contribution in [2.45, 2.75) is 26.8 Å². The third-order valence-corrected chi connectivity index (χ3v) is 5.20. The zero-order valence-corrected chi connectivity index (χ0v) is 15.6. The molecule has 0 unspecified atom stereocenters. The topological polar surface area (TPSA) is 51.0 Å². The van der Waals surface area contributed by atoms with E-state index in [1.807, 2.05) is 20.9 Å². The number of aryl methyl sites for hydroxylation is 3. The Hall–Kier alpha value is -2.47. The number of amides is 1. The summed E-state index contributed by atoms with van der Waals surface area (Å²) >= 11 is 6.15. The molecule has 2 aromatic heterocycles. The number of hydrogen-bond acceptors (Lipinski definition) is 3. The summed E-state index contributed by atoms with van der Waals surface area (Å²) in [5.74, 6) is -0.476. The lowest BCUT2D eigenvalue weighted by atomic mass is 9.98. The highest BCUT2D eigenvalue weighted by Gasteiger charge is 2.26. The summed E-state index contributed by atoms with van der Waals surface area (Å²) in [5.41, 5.74) is 4.49. The predicted molar refractivity (Wildman–Crippen MR) is 97.8 cm³/mol.